The van der Waals surface area contributed by atoms with E-state index in [2.05, 4.69) is 95.7 Å². The van der Waals surface area contributed by atoms with Crippen LogP contribution < -0.4 is 0 Å². The molecule has 0 saturated heterocycles. The summed E-state index contributed by atoms with van der Waals surface area (Å²) >= 11 is 3.80. The van der Waals surface area contributed by atoms with Crippen LogP contribution in [0.2, 0.25) is 0 Å². The third-order valence-electron chi connectivity index (χ3n) is 5.95. The molecule has 33 heavy (non-hydrogen) atoms. The number of aromatic nitrogens is 3. The van der Waals surface area contributed by atoms with Crippen molar-refractivity contribution in [3.05, 3.63) is 113 Å². The molecule has 0 N–H and O–H groups in total. The van der Waals surface area contributed by atoms with Gasteiger partial charge in [0.15, 0.2) is 5.65 Å². The summed E-state index contributed by atoms with van der Waals surface area (Å²) in [5.41, 5.74) is 8.25. The molecule has 0 radical (unpaired) electrons. The summed E-state index contributed by atoms with van der Waals surface area (Å²) in [6, 6.07) is 35.5. The molecule has 158 valence electrons. The van der Waals surface area contributed by atoms with Gasteiger partial charge in [-0.3, -0.25) is 0 Å². The van der Waals surface area contributed by atoms with Crippen LogP contribution in [-0.2, 0) is 0 Å². The third kappa shape index (κ3) is 3.35. The quantitative estimate of drug-likeness (QED) is 0.252. The van der Waals surface area contributed by atoms with Crippen LogP contribution in [0.1, 0.15) is 5.56 Å². The molecule has 6 aromatic rings. The van der Waals surface area contributed by atoms with Crippen molar-refractivity contribution in [1.82, 2.24) is 14.8 Å². The van der Waals surface area contributed by atoms with E-state index >= 15 is 0 Å². The second-order valence-electron chi connectivity index (χ2n) is 8.15. The standard InChI is InChI=1S/C29H20BrN3/c1-19-16-17-23-25(18-19)31-29-27(26(23)22-14-8-9-15-24(22)30)28(20-10-4-2-5-11-20)32-33(29)21-12-6-3-7-13-21/h2-18H,1H3. The Morgan fingerprint density at radius 3 is 2.21 bits per heavy atom. The highest BCUT2D eigenvalue weighted by Crippen LogP contribution is 2.43. The van der Waals surface area contributed by atoms with Crippen LogP contribution >= 0.6 is 15.9 Å². The number of hydrogen-bond acceptors (Lipinski definition) is 2. The molecule has 4 heteroatoms. The van der Waals surface area contributed by atoms with E-state index in [0.717, 1.165) is 54.5 Å². The number of pyridine rings is 1. The van der Waals surface area contributed by atoms with Gasteiger partial charge in [-0.25, -0.2) is 9.67 Å². The highest BCUT2D eigenvalue weighted by Gasteiger charge is 2.22. The van der Waals surface area contributed by atoms with Gasteiger partial charge in [-0.15, -0.1) is 0 Å². The molecular weight excluding hydrogens is 470 g/mol. The van der Waals surface area contributed by atoms with E-state index in [1.807, 2.05) is 35.0 Å². The van der Waals surface area contributed by atoms with Crippen LogP contribution in [0.4, 0.5) is 0 Å². The molecule has 0 aliphatic rings. The molecule has 0 atom stereocenters. The topological polar surface area (TPSA) is 30.7 Å². The molecule has 0 amide bonds. The van der Waals surface area contributed by atoms with Crippen LogP contribution in [0.25, 0.3) is 50.0 Å². The minimum Gasteiger partial charge on any atom is -0.228 e. The van der Waals surface area contributed by atoms with E-state index < -0.39 is 0 Å². The Balaban J connectivity index is 1.85. The molecule has 0 bridgehead atoms. The van der Waals surface area contributed by atoms with Crippen molar-refractivity contribution in [2.24, 2.45) is 0 Å². The summed E-state index contributed by atoms with van der Waals surface area (Å²) in [5, 5.41) is 7.29. The van der Waals surface area contributed by atoms with Crippen LogP contribution in [0.3, 0.4) is 0 Å². The molecule has 0 aliphatic heterocycles. The molecule has 0 unspecified atom stereocenters. The van der Waals surface area contributed by atoms with E-state index in [4.69, 9.17) is 10.1 Å². The van der Waals surface area contributed by atoms with Gasteiger partial charge in [-0.05, 0) is 42.3 Å². The Morgan fingerprint density at radius 1 is 0.758 bits per heavy atom. The number of fused-ring (bicyclic) bond motifs is 2. The Kier molecular flexibility index (Phi) is 4.81. The number of halogens is 1. The van der Waals surface area contributed by atoms with Gasteiger partial charge >= 0.3 is 0 Å². The van der Waals surface area contributed by atoms with Crippen LogP contribution in [0, 0.1) is 6.92 Å². The van der Waals surface area contributed by atoms with Crippen molar-refractivity contribution in [1.29, 1.82) is 0 Å². The lowest BCUT2D eigenvalue weighted by Crippen LogP contribution is -1.98. The van der Waals surface area contributed by atoms with Crippen molar-refractivity contribution in [2.75, 3.05) is 0 Å². The van der Waals surface area contributed by atoms with Crippen LogP contribution in [-0.4, -0.2) is 14.8 Å². The highest BCUT2D eigenvalue weighted by molar-refractivity contribution is 9.10. The second-order valence-corrected chi connectivity index (χ2v) is 9.00. The molecule has 0 saturated carbocycles. The minimum absolute atomic E-state index is 0.851. The van der Waals surface area contributed by atoms with Gasteiger partial charge in [0.2, 0.25) is 0 Å². The first kappa shape index (κ1) is 19.9. The Hall–Kier alpha value is -3.76. The van der Waals surface area contributed by atoms with Crippen LogP contribution in [0.15, 0.2) is 108 Å². The lowest BCUT2D eigenvalue weighted by molar-refractivity contribution is 0.903. The summed E-state index contributed by atoms with van der Waals surface area (Å²) in [7, 11) is 0. The van der Waals surface area contributed by atoms with Gasteiger partial charge in [0.1, 0.15) is 5.69 Å². The van der Waals surface area contributed by atoms with Crippen molar-refractivity contribution in [3.8, 4) is 28.1 Å². The number of para-hydroxylation sites is 1. The van der Waals surface area contributed by atoms with Gasteiger partial charge < -0.3 is 0 Å². The molecule has 4 aromatic carbocycles. The van der Waals surface area contributed by atoms with Gasteiger partial charge in [0.05, 0.1) is 16.6 Å². The fourth-order valence-electron chi connectivity index (χ4n) is 4.43. The largest absolute Gasteiger partial charge is 0.228 e. The zero-order chi connectivity index (χ0) is 22.4. The Bertz CT molecular complexity index is 1620. The SMILES string of the molecule is Cc1ccc2c(-c3ccccc3Br)c3c(-c4ccccc4)nn(-c4ccccc4)c3nc2c1. The van der Waals surface area contributed by atoms with Crippen molar-refractivity contribution >= 4 is 37.9 Å². The summed E-state index contributed by atoms with van der Waals surface area (Å²) in [4.78, 5) is 5.16. The summed E-state index contributed by atoms with van der Waals surface area (Å²) in [6.45, 7) is 2.10. The molecule has 0 spiro atoms. The van der Waals surface area contributed by atoms with E-state index in [1.165, 1.54) is 5.56 Å². The van der Waals surface area contributed by atoms with E-state index in [1.54, 1.807) is 0 Å². The summed E-state index contributed by atoms with van der Waals surface area (Å²) < 4.78 is 3.02. The van der Waals surface area contributed by atoms with Crippen molar-refractivity contribution < 1.29 is 0 Å². The van der Waals surface area contributed by atoms with Crippen LogP contribution in [0.5, 0.6) is 0 Å². The maximum Gasteiger partial charge on any atom is 0.164 e. The van der Waals surface area contributed by atoms with Gasteiger partial charge in [-0.2, -0.15) is 5.10 Å². The lowest BCUT2D eigenvalue weighted by Gasteiger charge is -2.13. The zero-order valence-electron chi connectivity index (χ0n) is 18.0. The third-order valence-corrected chi connectivity index (χ3v) is 6.64. The van der Waals surface area contributed by atoms with E-state index in [9.17, 15) is 0 Å². The van der Waals surface area contributed by atoms with E-state index in [-0.39, 0.29) is 0 Å². The predicted molar refractivity (Wildman–Crippen MR) is 140 cm³/mol. The second kappa shape index (κ2) is 7.98. The fourth-order valence-corrected chi connectivity index (χ4v) is 4.91. The molecule has 0 aliphatic carbocycles. The maximum atomic E-state index is 5.16. The molecule has 2 aromatic heterocycles. The first-order valence-corrected chi connectivity index (χ1v) is 11.7. The number of rotatable bonds is 3. The number of benzene rings is 4. The lowest BCUT2D eigenvalue weighted by atomic mass is 9.94. The smallest absolute Gasteiger partial charge is 0.164 e. The first-order chi connectivity index (χ1) is 16.2. The maximum absolute atomic E-state index is 5.16. The predicted octanol–water partition coefficient (Wildman–Crippen LogP) is 7.98. The summed E-state index contributed by atoms with van der Waals surface area (Å²) in [5.74, 6) is 0. The Morgan fingerprint density at radius 2 is 1.45 bits per heavy atom. The van der Waals surface area contributed by atoms with Gasteiger partial charge in [0, 0.05) is 21.0 Å². The number of hydrogen-bond donors (Lipinski definition) is 0. The van der Waals surface area contributed by atoms with Crippen molar-refractivity contribution in [2.45, 2.75) is 6.92 Å². The van der Waals surface area contributed by atoms with Gasteiger partial charge in [-0.1, -0.05) is 94.8 Å². The highest BCUT2D eigenvalue weighted by atomic mass is 79.9. The Labute approximate surface area is 200 Å². The summed E-state index contributed by atoms with van der Waals surface area (Å²) in [6.07, 6.45) is 0. The van der Waals surface area contributed by atoms with Gasteiger partial charge in [0.25, 0.3) is 0 Å². The van der Waals surface area contributed by atoms with Crippen molar-refractivity contribution in [3.63, 3.8) is 0 Å². The number of nitrogens with zero attached hydrogens (tertiary/aromatic N) is 3. The first-order valence-electron chi connectivity index (χ1n) is 10.9. The molecule has 2 heterocycles. The fraction of sp³-hybridized carbons (Fsp3) is 0.0345. The molecule has 6 rings (SSSR count). The average Bonchev–Trinajstić information content (AvgIpc) is 3.23. The molecular formula is C29H20BrN3. The average molecular weight is 490 g/mol. The monoisotopic (exact) mass is 489 g/mol. The molecule has 3 nitrogen and oxygen atoms in total. The normalized spacial score (nSPS) is 11.3. The zero-order valence-corrected chi connectivity index (χ0v) is 19.6. The van der Waals surface area contributed by atoms with E-state index in [0.29, 0.717) is 0 Å². The molecule has 0 fully saturated rings. The minimum atomic E-state index is 0.851. The number of aryl methyl sites for hydroxylation is 1.